The molecule has 7 heteroatoms. The molecule has 1 aromatic rings. The van der Waals surface area contributed by atoms with Crippen molar-refractivity contribution in [1.29, 1.82) is 0 Å². The van der Waals surface area contributed by atoms with Gasteiger partial charge in [-0.2, -0.15) is 0 Å². The predicted molar refractivity (Wildman–Crippen MR) is 116 cm³/mol. The molecule has 1 spiro atoms. The summed E-state index contributed by atoms with van der Waals surface area (Å²) in [5.74, 6) is -0.109. The van der Waals surface area contributed by atoms with Gasteiger partial charge in [0.15, 0.2) is 0 Å². The summed E-state index contributed by atoms with van der Waals surface area (Å²) in [4.78, 5) is 27.9. The minimum atomic E-state index is -0.488. The number of carbonyl (C=O) groups excluding carboxylic acids is 2. The number of carbonyl (C=O) groups is 2. The Morgan fingerprint density at radius 3 is 2.68 bits per heavy atom. The topological polar surface area (TPSA) is 70.7 Å². The van der Waals surface area contributed by atoms with Crippen LogP contribution in [0.1, 0.15) is 37.7 Å². The summed E-state index contributed by atoms with van der Waals surface area (Å²) in [6.45, 7) is 3.68. The smallest absolute Gasteiger partial charge is 0.239 e. The number of nitrogens with one attached hydrogen (secondary N) is 2. The molecule has 6 nitrogen and oxygen atoms in total. The number of ether oxygens (including phenoxy) is 1. The standard InChI is InChI=1S/C24H32FN3O3/c25-20-6-4-18(5-7-20)16-28-12-10-24(11-13-28)9-2-1-3-19-17-31-14-8-21(19)27-22(29)15-26-23(24)30/h1-2,4-7,19,21H,3,8-17H2,(H,26,30)(H,27,29)/b2-1+/t19-,21+/m0/s1. The van der Waals surface area contributed by atoms with Crippen LogP contribution in [0.4, 0.5) is 4.39 Å². The number of allylic oxidation sites excluding steroid dienone is 2. The summed E-state index contributed by atoms with van der Waals surface area (Å²) < 4.78 is 18.8. The summed E-state index contributed by atoms with van der Waals surface area (Å²) in [7, 11) is 0. The molecule has 1 aromatic carbocycles. The Bertz CT molecular complexity index is 803. The fraction of sp³-hybridized carbons (Fsp3) is 0.583. The Kier molecular flexibility index (Phi) is 7.02. The monoisotopic (exact) mass is 429 g/mol. The van der Waals surface area contributed by atoms with Crippen LogP contribution in [0.5, 0.6) is 0 Å². The molecule has 31 heavy (non-hydrogen) atoms. The van der Waals surface area contributed by atoms with Gasteiger partial charge < -0.3 is 15.4 Å². The molecule has 3 aliphatic rings. The minimum absolute atomic E-state index is 0.0215. The molecule has 4 rings (SSSR count). The van der Waals surface area contributed by atoms with Gasteiger partial charge in [-0.3, -0.25) is 14.5 Å². The molecule has 2 atom stereocenters. The van der Waals surface area contributed by atoms with Crippen LogP contribution >= 0.6 is 0 Å². The second-order valence-corrected chi connectivity index (χ2v) is 9.07. The van der Waals surface area contributed by atoms with Crippen molar-refractivity contribution in [1.82, 2.24) is 15.5 Å². The molecule has 3 aliphatic heterocycles. The molecule has 0 radical (unpaired) electrons. The van der Waals surface area contributed by atoms with Gasteiger partial charge in [0.25, 0.3) is 0 Å². The lowest BCUT2D eigenvalue weighted by molar-refractivity contribution is -0.136. The number of amides is 2. The first kappa shape index (κ1) is 22.0. The van der Waals surface area contributed by atoms with E-state index in [2.05, 4.69) is 27.7 Å². The molecule has 0 unspecified atom stereocenters. The lowest BCUT2D eigenvalue weighted by Crippen LogP contribution is -2.52. The molecule has 2 amide bonds. The molecular formula is C24H32FN3O3. The van der Waals surface area contributed by atoms with Gasteiger partial charge in [0.05, 0.1) is 18.6 Å². The number of piperidine rings is 1. The van der Waals surface area contributed by atoms with Gasteiger partial charge in [0.1, 0.15) is 5.82 Å². The molecular weight excluding hydrogens is 397 g/mol. The van der Waals surface area contributed by atoms with Crippen LogP contribution in [0.2, 0.25) is 0 Å². The quantitative estimate of drug-likeness (QED) is 0.709. The van der Waals surface area contributed by atoms with Crippen molar-refractivity contribution in [2.75, 3.05) is 32.8 Å². The summed E-state index contributed by atoms with van der Waals surface area (Å²) in [5, 5.41) is 5.99. The molecule has 0 bridgehead atoms. The van der Waals surface area contributed by atoms with Crippen molar-refractivity contribution in [3.05, 3.63) is 47.8 Å². The van der Waals surface area contributed by atoms with Gasteiger partial charge in [-0.25, -0.2) is 4.39 Å². The fourth-order valence-corrected chi connectivity index (χ4v) is 4.92. The van der Waals surface area contributed by atoms with Crippen molar-refractivity contribution < 1.29 is 18.7 Å². The molecule has 0 aromatic heterocycles. The van der Waals surface area contributed by atoms with Gasteiger partial charge in [-0.1, -0.05) is 24.3 Å². The van der Waals surface area contributed by atoms with E-state index in [-0.39, 0.29) is 36.1 Å². The third kappa shape index (κ3) is 5.52. The third-order valence-electron chi connectivity index (χ3n) is 6.96. The van der Waals surface area contributed by atoms with E-state index in [1.54, 1.807) is 0 Å². The number of nitrogens with zero attached hydrogens (tertiary/aromatic N) is 1. The summed E-state index contributed by atoms with van der Waals surface area (Å²) in [6.07, 6.45) is 8.11. The van der Waals surface area contributed by atoms with Crippen molar-refractivity contribution in [2.45, 2.75) is 44.7 Å². The highest BCUT2D eigenvalue weighted by Crippen LogP contribution is 2.36. The van der Waals surface area contributed by atoms with Crippen LogP contribution < -0.4 is 10.6 Å². The number of rotatable bonds is 2. The van der Waals surface area contributed by atoms with E-state index >= 15 is 0 Å². The molecule has 0 saturated carbocycles. The number of benzene rings is 1. The molecule has 0 aliphatic carbocycles. The number of fused-ring (bicyclic) bond motifs is 1. The van der Waals surface area contributed by atoms with Crippen molar-refractivity contribution in [3.63, 3.8) is 0 Å². The Hall–Kier alpha value is -2.25. The maximum atomic E-state index is 13.2. The Morgan fingerprint density at radius 1 is 1.13 bits per heavy atom. The van der Waals surface area contributed by atoms with E-state index in [4.69, 9.17) is 4.74 Å². The fourth-order valence-electron chi connectivity index (χ4n) is 4.92. The number of hydrogen-bond donors (Lipinski definition) is 2. The molecule has 168 valence electrons. The number of likely N-dealkylation sites (tertiary alicyclic amines) is 1. The summed E-state index contributed by atoms with van der Waals surface area (Å²) >= 11 is 0. The maximum absolute atomic E-state index is 13.2. The zero-order valence-electron chi connectivity index (χ0n) is 17.9. The Morgan fingerprint density at radius 2 is 1.90 bits per heavy atom. The van der Waals surface area contributed by atoms with Crippen molar-refractivity contribution in [3.8, 4) is 0 Å². The largest absolute Gasteiger partial charge is 0.381 e. The second kappa shape index (κ2) is 9.92. The average Bonchev–Trinajstić information content (AvgIpc) is 2.78. The van der Waals surface area contributed by atoms with Gasteiger partial charge in [-0.15, -0.1) is 0 Å². The Balaban J connectivity index is 1.41. The second-order valence-electron chi connectivity index (χ2n) is 9.07. The molecule has 3 heterocycles. The lowest BCUT2D eigenvalue weighted by atomic mass is 9.74. The summed E-state index contributed by atoms with van der Waals surface area (Å²) in [6, 6.07) is 6.70. The number of hydrogen-bond acceptors (Lipinski definition) is 4. The van der Waals surface area contributed by atoms with Crippen LogP contribution in [0.25, 0.3) is 0 Å². The zero-order chi connectivity index (χ0) is 21.7. The van der Waals surface area contributed by atoms with E-state index in [1.165, 1.54) is 12.1 Å². The SMILES string of the molecule is O=C1CNC(=O)C2(C/C=C/C[C@H]3COCC[C@H]3N1)CCN(Cc1ccc(F)cc1)CC2. The molecule has 2 saturated heterocycles. The van der Waals surface area contributed by atoms with Gasteiger partial charge in [-0.05, 0) is 62.9 Å². The average molecular weight is 430 g/mol. The first-order valence-corrected chi connectivity index (χ1v) is 11.3. The van der Waals surface area contributed by atoms with Crippen LogP contribution in [0, 0.1) is 17.2 Å². The highest BCUT2D eigenvalue weighted by atomic mass is 19.1. The van der Waals surface area contributed by atoms with Crippen LogP contribution in [-0.2, 0) is 20.9 Å². The normalized spacial score (nSPS) is 28.5. The van der Waals surface area contributed by atoms with Crippen LogP contribution in [0.3, 0.4) is 0 Å². The molecule has 2 N–H and O–H groups in total. The minimum Gasteiger partial charge on any atom is -0.381 e. The van der Waals surface area contributed by atoms with Gasteiger partial charge in [0, 0.05) is 25.1 Å². The maximum Gasteiger partial charge on any atom is 0.239 e. The zero-order valence-corrected chi connectivity index (χ0v) is 17.9. The lowest BCUT2D eigenvalue weighted by Gasteiger charge is -2.40. The highest BCUT2D eigenvalue weighted by molar-refractivity contribution is 5.88. The predicted octanol–water partition coefficient (Wildman–Crippen LogP) is 2.40. The molecule has 2 fully saturated rings. The van der Waals surface area contributed by atoms with E-state index < -0.39 is 5.41 Å². The first-order chi connectivity index (χ1) is 15.0. The van der Waals surface area contributed by atoms with Gasteiger partial charge in [0.2, 0.25) is 11.8 Å². The van der Waals surface area contributed by atoms with Crippen molar-refractivity contribution in [2.24, 2.45) is 11.3 Å². The highest BCUT2D eigenvalue weighted by Gasteiger charge is 2.40. The Labute approximate surface area is 183 Å². The summed E-state index contributed by atoms with van der Waals surface area (Å²) in [5.41, 5.74) is 0.582. The van der Waals surface area contributed by atoms with Gasteiger partial charge >= 0.3 is 0 Å². The van der Waals surface area contributed by atoms with Crippen LogP contribution in [0.15, 0.2) is 36.4 Å². The van der Waals surface area contributed by atoms with Crippen molar-refractivity contribution >= 4 is 11.8 Å². The van der Waals surface area contributed by atoms with E-state index in [1.807, 2.05) is 12.1 Å². The van der Waals surface area contributed by atoms with E-state index in [0.717, 1.165) is 50.9 Å². The third-order valence-corrected chi connectivity index (χ3v) is 6.96. The van der Waals surface area contributed by atoms with Crippen LogP contribution in [-0.4, -0.2) is 55.6 Å². The van der Waals surface area contributed by atoms with E-state index in [9.17, 15) is 14.0 Å². The first-order valence-electron chi connectivity index (χ1n) is 11.3. The number of halogens is 1. The van der Waals surface area contributed by atoms with E-state index in [0.29, 0.717) is 19.6 Å².